The molecule has 0 spiro atoms. The third-order valence-corrected chi connectivity index (χ3v) is 3.36. The zero-order valence-electron chi connectivity index (χ0n) is 10.3. The van der Waals surface area contributed by atoms with Gasteiger partial charge in [0.1, 0.15) is 0 Å². The quantitative estimate of drug-likeness (QED) is 0.721. The molecular formula is C13H13Cl2FN2. The van der Waals surface area contributed by atoms with E-state index in [0.717, 1.165) is 5.69 Å². The van der Waals surface area contributed by atoms with Crippen molar-refractivity contribution in [1.29, 1.82) is 0 Å². The Hall–Kier alpha value is -1.06. The van der Waals surface area contributed by atoms with Crippen molar-refractivity contribution in [2.75, 3.05) is 5.73 Å². The number of halogens is 3. The highest BCUT2D eigenvalue weighted by Crippen LogP contribution is 2.36. The highest BCUT2D eigenvalue weighted by molar-refractivity contribution is 6.39. The predicted octanol–water partition coefficient (Wildman–Crippen LogP) is 4.56. The third kappa shape index (κ3) is 2.13. The topological polar surface area (TPSA) is 38.9 Å². The molecule has 2 nitrogen and oxygen atoms in total. The lowest BCUT2D eigenvalue weighted by atomic mass is 9.91. The Morgan fingerprint density at radius 3 is 2.39 bits per heavy atom. The molecule has 1 aromatic heterocycles. The molecule has 0 aliphatic carbocycles. The van der Waals surface area contributed by atoms with Crippen molar-refractivity contribution in [3.63, 3.8) is 0 Å². The van der Waals surface area contributed by atoms with Gasteiger partial charge in [-0.25, -0.2) is 4.39 Å². The van der Waals surface area contributed by atoms with Gasteiger partial charge < -0.3 is 5.73 Å². The average molecular weight is 287 g/mol. The molecule has 5 heteroatoms. The van der Waals surface area contributed by atoms with Gasteiger partial charge in [0, 0.05) is 22.2 Å². The first-order valence-corrected chi connectivity index (χ1v) is 6.21. The zero-order chi connectivity index (χ0) is 13.7. The Balaban J connectivity index is 2.87. The number of nitrogens with zero attached hydrogens (tertiary/aromatic N) is 1. The number of rotatable bonds is 0. The molecule has 0 fully saturated rings. The summed E-state index contributed by atoms with van der Waals surface area (Å²) in [5.41, 5.74) is 7.51. The summed E-state index contributed by atoms with van der Waals surface area (Å²) in [6.45, 7) is 6.06. The molecule has 2 N–H and O–H groups in total. The van der Waals surface area contributed by atoms with Gasteiger partial charge in [-0.05, 0) is 12.1 Å². The number of benzene rings is 1. The van der Waals surface area contributed by atoms with Gasteiger partial charge in [-0.3, -0.25) is 4.98 Å². The smallest absolute Gasteiger partial charge is 0.161 e. The summed E-state index contributed by atoms with van der Waals surface area (Å²) >= 11 is 11.7. The van der Waals surface area contributed by atoms with Gasteiger partial charge in [-0.2, -0.15) is 0 Å². The molecule has 1 heterocycles. The van der Waals surface area contributed by atoms with Crippen molar-refractivity contribution < 1.29 is 4.39 Å². The standard InChI is InChI=1S/C13H13Cl2FN2/c1-13(2,3)9-5-7(17)10-8(18-9)4-6(14)12(16)11(10)15/h4-5H,1-3H3,(H2,17,18). The van der Waals surface area contributed by atoms with Crippen LogP contribution >= 0.6 is 23.2 Å². The normalized spacial score (nSPS) is 12.1. The van der Waals surface area contributed by atoms with Gasteiger partial charge in [-0.1, -0.05) is 44.0 Å². The van der Waals surface area contributed by atoms with Gasteiger partial charge >= 0.3 is 0 Å². The fraction of sp³-hybridized carbons (Fsp3) is 0.308. The fourth-order valence-electron chi connectivity index (χ4n) is 1.71. The minimum absolute atomic E-state index is 0.0505. The Morgan fingerprint density at radius 2 is 1.83 bits per heavy atom. The number of hydrogen-bond donors (Lipinski definition) is 1. The molecule has 0 saturated heterocycles. The summed E-state index contributed by atoms with van der Waals surface area (Å²) in [5.74, 6) is -0.664. The van der Waals surface area contributed by atoms with Crippen molar-refractivity contribution in [2.24, 2.45) is 0 Å². The number of anilines is 1. The highest BCUT2D eigenvalue weighted by atomic mass is 35.5. The lowest BCUT2D eigenvalue weighted by Crippen LogP contribution is -2.14. The second kappa shape index (κ2) is 4.25. The maximum atomic E-state index is 13.6. The molecule has 18 heavy (non-hydrogen) atoms. The molecule has 0 radical (unpaired) electrons. The molecule has 0 amide bonds. The van der Waals surface area contributed by atoms with Crippen LogP contribution in [-0.4, -0.2) is 4.98 Å². The maximum absolute atomic E-state index is 13.6. The first-order valence-electron chi connectivity index (χ1n) is 5.46. The molecule has 0 bridgehead atoms. The molecule has 2 aromatic rings. The molecule has 96 valence electrons. The van der Waals surface area contributed by atoms with Crippen molar-refractivity contribution in [1.82, 2.24) is 4.98 Å². The van der Waals surface area contributed by atoms with Crippen LogP contribution in [0.1, 0.15) is 26.5 Å². The van der Waals surface area contributed by atoms with Crippen LogP contribution in [0.4, 0.5) is 10.1 Å². The molecule has 0 unspecified atom stereocenters. The molecular weight excluding hydrogens is 274 g/mol. The van der Waals surface area contributed by atoms with E-state index >= 15 is 0 Å². The van der Waals surface area contributed by atoms with Crippen LogP contribution in [0.5, 0.6) is 0 Å². The van der Waals surface area contributed by atoms with Crippen molar-refractivity contribution in [2.45, 2.75) is 26.2 Å². The van der Waals surface area contributed by atoms with Crippen LogP contribution in [0.15, 0.2) is 12.1 Å². The first-order chi connectivity index (χ1) is 8.21. The monoisotopic (exact) mass is 286 g/mol. The van der Waals surface area contributed by atoms with Crippen molar-refractivity contribution in [3.8, 4) is 0 Å². The highest BCUT2D eigenvalue weighted by Gasteiger charge is 2.20. The third-order valence-electron chi connectivity index (χ3n) is 2.73. The number of pyridine rings is 1. The summed E-state index contributed by atoms with van der Waals surface area (Å²) in [5, 5.41) is 0.278. The van der Waals surface area contributed by atoms with E-state index in [1.54, 1.807) is 6.07 Å². The zero-order valence-corrected chi connectivity index (χ0v) is 11.8. The van der Waals surface area contributed by atoms with Crippen LogP contribution < -0.4 is 5.73 Å². The van der Waals surface area contributed by atoms with E-state index in [9.17, 15) is 4.39 Å². The minimum atomic E-state index is -0.664. The largest absolute Gasteiger partial charge is 0.398 e. The van der Waals surface area contributed by atoms with E-state index in [1.807, 2.05) is 20.8 Å². The van der Waals surface area contributed by atoms with Gasteiger partial charge in [0.05, 0.1) is 15.6 Å². The average Bonchev–Trinajstić information content (AvgIpc) is 2.23. The van der Waals surface area contributed by atoms with Gasteiger partial charge in [0.2, 0.25) is 0 Å². The number of fused-ring (bicyclic) bond motifs is 1. The van der Waals surface area contributed by atoms with Gasteiger partial charge in [0.15, 0.2) is 5.82 Å². The summed E-state index contributed by atoms with van der Waals surface area (Å²) in [4.78, 5) is 4.45. The number of nitrogens with two attached hydrogens (primary N) is 1. The second-order valence-corrected chi connectivity index (χ2v) is 6.01. The summed E-state index contributed by atoms with van der Waals surface area (Å²) in [6.07, 6.45) is 0. The van der Waals surface area contributed by atoms with E-state index < -0.39 is 5.82 Å². The molecule has 0 atom stereocenters. The van der Waals surface area contributed by atoms with Crippen LogP contribution in [0.25, 0.3) is 10.9 Å². The predicted molar refractivity (Wildman–Crippen MR) is 74.8 cm³/mol. The summed E-state index contributed by atoms with van der Waals surface area (Å²) < 4.78 is 13.6. The number of aromatic nitrogens is 1. The lowest BCUT2D eigenvalue weighted by Gasteiger charge is -2.19. The van der Waals surface area contributed by atoms with Crippen molar-refractivity contribution in [3.05, 3.63) is 33.7 Å². The van der Waals surface area contributed by atoms with Crippen LogP contribution in [0.3, 0.4) is 0 Å². The molecule has 2 rings (SSSR count). The van der Waals surface area contributed by atoms with E-state index in [0.29, 0.717) is 16.6 Å². The Morgan fingerprint density at radius 1 is 1.22 bits per heavy atom. The Bertz CT molecular complexity index is 633. The van der Waals surface area contributed by atoms with Crippen LogP contribution in [0.2, 0.25) is 10.0 Å². The minimum Gasteiger partial charge on any atom is -0.398 e. The Kier molecular flexibility index (Phi) is 3.16. The van der Waals surface area contributed by atoms with Gasteiger partial charge in [0.25, 0.3) is 0 Å². The van der Waals surface area contributed by atoms with E-state index in [2.05, 4.69) is 4.98 Å². The SMILES string of the molecule is CC(C)(C)c1cc(N)c2c(Cl)c(F)c(Cl)cc2n1. The molecule has 0 aliphatic heterocycles. The van der Waals surface area contributed by atoms with Gasteiger partial charge in [-0.15, -0.1) is 0 Å². The number of hydrogen-bond acceptors (Lipinski definition) is 2. The van der Waals surface area contributed by atoms with Crippen molar-refractivity contribution >= 4 is 39.8 Å². The lowest BCUT2D eigenvalue weighted by molar-refractivity contribution is 0.572. The maximum Gasteiger partial charge on any atom is 0.161 e. The first kappa shape index (κ1) is 13.4. The molecule has 0 saturated carbocycles. The Labute approximate surface area is 115 Å². The van der Waals surface area contributed by atoms with Crippen LogP contribution in [-0.2, 0) is 5.41 Å². The van der Waals surface area contributed by atoms with E-state index in [4.69, 9.17) is 28.9 Å². The fourth-order valence-corrected chi connectivity index (χ4v) is 2.27. The van der Waals surface area contributed by atoms with E-state index in [-0.39, 0.29) is 15.5 Å². The molecule has 1 aromatic carbocycles. The van der Waals surface area contributed by atoms with E-state index in [1.165, 1.54) is 6.07 Å². The van der Waals surface area contributed by atoms with Crippen LogP contribution in [0, 0.1) is 5.82 Å². The molecule has 0 aliphatic rings. The summed E-state index contributed by atoms with van der Waals surface area (Å²) in [7, 11) is 0. The number of nitrogen functional groups attached to an aromatic ring is 1. The second-order valence-electron chi connectivity index (χ2n) is 5.23. The summed E-state index contributed by atoms with van der Waals surface area (Å²) in [6, 6.07) is 3.17.